The number of aromatic nitrogens is 2. The molecule has 0 unspecified atom stereocenters. The van der Waals surface area contributed by atoms with Gasteiger partial charge in [-0.25, -0.2) is 0 Å². The molecule has 4 rings (SSSR count). The predicted octanol–water partition coefficient (Wildman–Crippen LogP) is 3.61. The lowest BCUT2D eigenvalue weighted by Gasteiger charge is -2.27. The van der Waals surface area contributed by atoms with Crippen LogP contribution < -0.4 is 15.0 Å². The summed E-state index contributed by atoms with van der Waals surface area (Å²) in [7, 11) is 3.70. The summed E-state index contributed by atoms with van der Waals surface area (Å²) in [5.74, 6) is 0.804. The monoisotopic (exact) mass is 364 g/mol. The molecule has 6 heteroatoms. The molecule has 2 aromatic heterocycles. The summed E-state index contributed by atoms with van der Waals surface area (Å²) in [6.45, 7) is 0. The minimum atomic E-state index is -0.0303. The fourth-order valence-electron chi connectivity index (χ4n) is 3.43. The zero-order valence-electron chi connectivity index (χ0n) is 14.7. The molecular weight excluding hydrogens is 344 g/mol. The number of rotatable bonds is 4. The predicted molar refractivity (Wildman–Crippen MR) is 106 cm³/mol. The van der Waals surface area contributed by atoms with Crippen molar-refractivity contribution < 1.29 is 4.74 Å². The Morgan fingerprint density at radius 3 is 2.73 bits per heavy atom. The van der Waals surface area contributed by atoms with Crippen LogP contribution in [0.2, 0.25) is 0 Å². The Hall–Kier alpha value is -2.86. The van der Waals surface area contributed by atoms with Crippen molar-refractivity contribution in [1.82, 2.24) is 14.9 Å². The van der Waals surface area contributed by atoms with E-state index in [0.29, 0.717) is 5.11 Å². The van der Waals surface area contributed by atoms with E-state index in [1.54, 1.807) is 7.11 Å². The Morgan fingerprint density at radius 2 is 2.04 bits per heavy atom. The number of hydrogen-bond acceptors (Lipinski definition) is 3. The summed E-state index contributed by atoms with van der Waals surface area (Å²) in [5, 5.41) is 4.14. The quantitative estimate of drug-likeness (QED) is 0.717. The van der Waals surface area contributed by atoms with Crippen LogP contribution in [-0.4, -0.2) is 21.8 Å². The zero-order valence-corrected chi connectivity index (χ0v) is 15.5. The lowest BCUT2D eigenvalue weighted by Crippen LogP contribution is -2.29. The lowest BCUT2D eigenvalue weighted by molar-refractivity contribution is 0.415. The number of anilines is 1. The number of hydrogen-bond donors (Lipinski definition) is 1. The van der Waals surface area contributed by atoms with Crippen LogP contribution in [0.4, 0.5) is 5.69 Å². The minimum Gasteiger partial charge on any atom is -0.497 e. The number of nitrogens with zero attached hydrogens (tertiary/aromatic N) is 3. The lowest BCUT2D eigenvalue weighted by atomic mass is 9.98. The Kier molecular flexibility index (Phi) is 4.34. The van der Waals surface area contributed by atoms with Gasteiger partial charge >= 0.3 is 0 Å². The fourth-order valence-corrected chi connectivity index (χ4v) is 3.78. The molecule has 0 spiro atoms. The maximum atomic E-state index is 5.70. The highest BCUT2D eigenvalue weighted by atomic mass is 32.1. The number of nitrogens with one attached hydrogen (secondary N) is 1. The standard InChI is InChI=1S/C20H20N4OS/c1-23-11-9-14(13-23)19-18(17-8-3-4-10-21-17)22-20(26)24(19)15-6-5-7-16(12-15)25-2/h3-13,18-19H,1-2H3,(H,22,26)/t18-,19-/m1/s1. The van der Waals surface area contributed by atoms with E-state index in [4.69, 9.17) is 17.0 Å². The first-order valence-corrected chi connectivity index (χ1v) is 8.85. The first kappa shape index (κ1) is 16.6. The van der Waals surface area contributed by atoms with E-state index in [9.17, 15) is 0 Å². The van der Waals surface area contributed by atoms with E-state index in [-0.39, 0.29) is 12.1 Å². The van der Waals surface area contributed by atoms with E-state index in [2.05, 4.69) is 38.2 Å². The van der Waals surface area contributed by atoms with Crippen LogP contribution in [0, 0.1) is 0 Å². The Labute approximate surface area is 158 Å². The third kappa shape index (κ3) is 2.93. The average molecular weight is 364 g/mol. The van der Waals surface area contributed by atoms with Crippen LogP contribution in [0.5, 0.6) is 5.75 Å². The third-order valence-corrected chi connectivity index (χ3v) is 4.94. The molecular formula is C20H20N4OS. The Balaban J connectivity index is 1.82. The van der Waals surface area contributed by atoms with Crippen molar-refractivity contribution in [3.05, 3.63) is 78.4 Å². The second-order valence-electron chi connectivity index (χ2n) is 6.31. The molecule has 1 aliphatic rings. The summed E-state index contributed by atoms with van der Waals surface area (Å²) in [6.07, 6.45) is 6.00. The van der Waals surface area contributed by atoms with Gasteiger partial charge in [-0.3, -0.25) is 4.98 Å². The maximum absolute atomic E-state index is 5.70. The van der Waals surface area contributed by atoms with Gasteiger partial charge in [-0.05, 0) is 48.1 Å². The molecule has 1 aliphatic heterocycles. The maximum Gasteiger partial charge on any atom is 0.174 e. The first-order valence-electron chi connectivity index (χ1n) is 8.44. The molecule has 26 heavy (non-hydrogen) atoms. The van der Waals surface area contributed by atoms with Gasteiger partial charge in [0.2, 0.25) is 0 Å². The Morgan fingerprint density at radius 1 is 1.15 bits per heavy atom. The third-order valence-electron chi connectivity index (χ3n) is 4.63. The smallest absolute Gasteiger partial charge is 0.174 e. The van der Waals surface area contributed by atoms with Gasteiger partial charge < -0.3 is 19.5 Å². The van der Waals surface area contributed by atoms with Crippen molar-refractivity contribution in [2.45, 2.75) is 12.1 Å². The second-order valence-corrected chi connectivity index (χ2v) is 6.70. The van der Waals surface area contributed by atoms with Crippen molar-refractivity contribution in [3.8, 4) is 5.75 Å². The molecule has 1 N–H and O–H groups in total. The van der Waals surface area contributed by atoms with E-state index in [0.717, 1.165) is 17.1 Å². The average Bonchev–Trinajstić information content (AvgIpc) is 3.25. The first-order chi connectivity index (χ1) is 12.7. The molecule has 1 aromatic carbocycles. The molecule has 5 nitrogen and oxygen atoms in total. The number of aryl methyl sites for hydroxylation is 1. The van der Waals surface area contributed by atoms with Crippen molar-refractivity contribution in [3.63, 3.8) is 0 Å². The number of pyridine rings is 1. The molecule has 0 amide bonds. The largest absolute Gasteiger partial charge is 0.497 e. The summed E-state index contributed by atoms with van der Waals surface area (Å²) in [6, 6.07) is 16.0. The molecule has 2 atom stereocenters. The van der Waals surface area contributed by atoms with Gasteiger partial charge in [-0.2, -0.15) is 0 Å². The van der Waals surface area contributed by atoms with E-state index in [1.807, 2.05) is 55.7 Å². The molecule has 1 saturated heterocycles. The van der Waals surface area contributed by atoms with E-state index < -0.39 is 0 Å². The van der Waals surface area contributed by atoms with Crippen molar-refractivity contribution in [2.24, 2.45) is 7.05 Å². The van der Waals surface area contributed by atoms with Crippen molar-refractivity contribution >= 4 is 23.0 Å². The Bertz CT molecular complexity index is 924. The summed E-state index contributed by atoms with van der Waals surface area (Å²) in [4.78, 5) is 6.70. The summed E-state index contributed by atoms with van der Waals surface area (Å²) >= 11 is 5.70. The van der Waals surface area contributed by atoms with Crippen molar-refractivity contribution in [2.75, 3.05) is 12.0 Å². The van der Waals surface area contributed by atoms with Crippen LogP contribution in [0.25, 0.3) is 0 Å². The summed E-state index contributed by atoms with van der Waals surface area (Å²) in [5.41, 5.74) is 3.14. The van der Waals surface area contributed by atoms with Gasteiger partial charge in [0.1, 0.15) is 5.75 Å². The highest BCUT2D eigenvalue weighted by Crippen LogP contribution is 2.42. The van der Waals surface area contributed by atoms with Crippen molar-refractivity contribution in [1.29, 1.82) is 0 Å². The highest BCUT2D eigenvalue weighted by molar-refractivity contribution is 7.80. The van der Waals surface area contributed by atoms with Crippen LogP contribution >= 0.6 is 12.2 Å². The van der Waals surface area contributed by atoms with Crippen LogP contribution in [0.3, 0.4) is 0 Å². The number of methoxy groups -OCH3 is 1. The topological polar surface area (TPSA) is 42.3 Å². The summed E-state index contributed by atoms with van der Waals surface area (Å²) < 4.78 is 7.45. The molecule has 132 valence electrons. The zero-order chi connectivity index (χ0) is 18.1. The molecule has 0 saturated carbocycles. The number of thiocarbonyl (C=S) groups is 1. The molecule has 1 fully saturated rings. The van der Waals surface area contributed by atoms with Gasteiger partial charge in [-0.15, -0.1) is 0 Å². The molecule has 0 radical (unpaired) electrons. The van der Waals surface area contributed by atoms with Crippen LogP contribution in [0.15, 0.2) is 67.1 Å². The van der Waals surface area contributed by atoms with Gasteiger partial charge in [0.15, 0.2) is 5.11 Å². The number of ether oxygens (including phenoxy) is 1. The van der Waals surface area contributed by atoms with Crippen LogP contribution in [0.1, 0.15) is 23.3 Å². The molecule has 0 bridgehead atoms. The van der Waals surface area contributed by atoms with Gasteiger partial charge in [0, 0.05) is 37.4 Å². The SMILES string of the molecule is COc1cccc(N2C(=S)N[C@H](c3ccccn3)[C@H]2c2ccn(C)c2)c1. The molecule has 3 heterocycles. The van der Waals surface area contributed by atoms with Gasteiger partial charge in [0.25, 0.3) is 0 Å². The fraction of sp³-hybridized carbons (Fsp3) is 0.200. The molecule has 3 aromatic rings. The second kappa shape index (κ2) is 6.80. The highest BCUT2D eigenvalue weighted by Gasteiger charge is 2.41. The number of benzene rings is 1. The molecule has 0 aliphatic carbocycles. The minimum absolute atomic E-state index is 0.00528. The van der Waals surface area contributed by atoms with Gasteiger partial charge in [-0.1, -0.05) is 12.1 Å². The normalized spacial score (nSPS) is 19.5. The van der Waals surface area contributed by atoms with E-state index >= 15 is 0 Å². The van der Waals surface area contributed by atoms with Crippen LogP contribution in [-0.2, 0) is 7.05 Å². The van der Waals surface area contributed by atoms with E-state index in [1.165, 1.54) is 5.56 Å². The van der Waals surface area contributed by atoms with Gasteiger partial charge in [0.05, 0.1) is 24.9 Å².